The van der Waals surface area contributed by atoms with Crippen LogP contribution >= 0.6 is 11.6 Å². The van der Waals surface area contributed by atoms with Crippen LogP contribution < -0.4 is 0 Å². The fraction of sp³-hybridized carbons (Fsp3) is 0.625. The number of morpholine rings is 1. The minimum absolute atomic E-state index is 0.0116. The highest BCUT2D eigenvalue weighted by Gasteiger charge is 2.40. The summed E-state index contributed by atoms with van der Waals surface area (Å²) in [6, 6.07) is 0. The van der Waals surface area contributed by atoms with E-state index in [-0.39, 0.29) is 23.2 Å². The molecule has 7 heteroatoms. The maximum Gasteiger partial charge on any atom is 0.279 e. The average molecular weight is 340 g/mol. The monoisotopic (exact) mass is 339 g/mol. The molecule has 0 spiro atoms. The molecule has 0 bridgehead atoms. The lowest BCUT2D eigenvalue weighted by Crippen LogP contribution is -2.40. The van der Waals surface area contributed by atoms with E-state index in [4.69, 9.17) is 16.3 Å². The molecule has 2 aliphatic heterocycles. The number of carbonyl (C=O) groups is 2. The second kappa shape index (κ2) is 8.34. The van der Waals surface area contributed by atoms with E-state index in [2.05, 4.69) is 30.6 Å². The number of rotatable bonds is 5. The summed E-state index contributed by atoms with van der Waals surface area (Å²) in [7, 11) is 0. The van der Waals surface area contributed by atoms with Crippen molar-refractivity contribution in [2.75, 3.05) is 52.5 Å². The number of ether oxygens (including phenoxy) is 1. The smallest absolute Gasteiger partial charge is 0.279 e. The Morgan fingerprint density at radius 1 is 1.13 bits per heavy atom. The first-order chi connectivity index (χ1) is 11.1. The lowest BCUT2D eigenvalue weighted by Gasteiger charge is -2.29. The molecule has 1 fully saturated rings. The Balaban J connectivity index is 1.99. The van der Waals surface area contributed by atoms with E-state index in [1.165, 1.54) is 0 Å². The van der Waals surface area contributed by atoms with Gasteiger partial charge in [-0.15, -0.1) is 0 Å². The van der Waals surface area contributed by atoms with Crippen molar-refractivity contribution in [2.45, 2.75) is 13.8 Å². The molecule has 23 heavy (non-hydrogen) atoms. The van der Waals surface area contributed by atoms with Crippen molar-refractivity contribution in [2.24, 2.45) is 0 Å². The van der Waals surface area contributed by atoms with Crippen LogP contribution in [0.15, 0.2) is 10.7 Å². The third-order valence-electron chi connectivity index (χ3n) is 3.98. The van der Waals surface area contributed by atoms with Gasteiger partial charge in [-0.25, -0.2) is 0 Å². The predicted molar refractivity (Wildman–Crippen MR) is 87.6 cm³/mol. The molecule has 0 saturated carbocycles. The van der Waals surface area contributed by atoms with E-state index in [9.17, 15) is 9.59 Å². The third kappa shape index (κ3) is 4.05. The van der Waals surface area contributed by atoms with Crippen LogP contribution in [0.5, 0.6) is 0 Å². The average Bonchev–Trinajstić information content (AvgIpc) is 2.79. The Labute approximate surface area is 142 Å². The van der Waals surface area contributed by atoms with Crippen LogP contribution in [0.1, 0.15) is 13.8 Å². The molecule has 0 aromatic carbocycles. The van der Waals surface area contributed by atoms with Crippen molar-refractivity contribution < 1.29 is 14.3 Å². The number of imide groups is 1. The first-order valence-electron chi connectivity index (χ1n) is 7.86. The summed E-state index contributed by atoms with van der Waals surface area (Å²) in [6.07, 6.45) is 0. The zero-order chi connectivity index (χ0) is 16.8. The zero-order valence-electron chi connectivity index (χ0n) is 13.6. The lowest BCUT2D eigenvalue weighted by atomic mass is 10.3. The molecule has 1 saturated heterocycles. The van der Waals surface area contributed by atoms with Crippen LogP contribution in [0.2, 0.25) is 0 Å². The molecule has 0 N–H and O–H groups in total. The molecule has 0 aromatic rings. The molecular formula is C16H22ClN3O3. The van der Waals surface area contributed by atoms with E-state index >= 15 is 0 Å². The third-order valence-corrected chi connectivity index (χ3v) is 4.32. The molecule has 2 aliphatic rings. The van der Waals surface area contributed by atoms with Crippen LogP contribution in [0.4, 0.5) is 0 Å². The summed E-state index contributed by atoms with van der Waals surface area (Å²) >= 11 is 6.09. The van der Waals surface area contributed by atoms with Crippen molar-refractivity contribution in [1.29, 1.82) is 0 Å². The van der Waals surface area contributed by atoms with E-state index < -0.39 is 5.91 Å². The van der Waals surface area contributed by atoms with Crippen molar-refractivity contribution >= 4 is 23.4 Å². The summed E-state index contributed by atoms with van der Waals surface area (Å²) in [5, 5.41) is -0.0116. The highest BCUT2D eigenvalue weighted by atomic mass is 35.5. The van der Waals surface area contributed by atoms with Crippen LogP contribution in [0.3, 0.4) is 0 Å². The minimum atomic E-state index is -0.463. The quantitative estimate of drug-likeness (QED) is 0.539. The molecule has 2 heterocycles. The molecule has 0 unspecified atom stereocenters. The highest BCUT2D eigenvalue weighted by Crippen LogP contribution is 2.26. The molecule has 0 radical (unpaired) electrons. The van der Waals surface area contributed by atoms with Gasteiger partial charge in [-0.3, -0.25) is 19.4 Å². The van der Waals surface area contributed by atoms with E-state index in [1.54, 1.807) is 0 Å². The van der Waals surface area contributed by atoms with Gasteiger partial charge < -0.3 is 9.64 Å². The van der Waals surface area contributed by atoms with Crippen LogP contribution in [0.25, 0.3) is 0 Å². The maximum atomic E-state index is 12.5. The van der Waals surface area contributed by atoms with Gasteiger partial charge in [0.05, 0.1) is 26.3 Å². The number of nitrogens with zero attached hydrogens (tertiary/aromatic N) is 3. The number of hydrogen-bond acceptors (Lipinski definition) is 5. The Hall–Kier alpha value is -1.55. The van der Waals surface area contributed by atoms with Crippen molar-refractivity contribution in [3.05, 3.63) is 10.7 Å². The summed E-state index contributed by atoms with van der Waals surface area (Å²) in [5.74, 6) is 5.07. The van der Waals surface area contributed by atoms with E-state index in [0.717, 1.165) is 18.0 Å². The summed E-state index contributed by atoms with van der Waals surface area (Å²) < 4.78 is 5.26. The first kappa shape index (κ1) is 17.8. The van der Waals surface area contributed by atoms with Gasteiger partial charge in [-0.1, -0.05) is 37.3 Å². The van der Waals surface area contributed by atoms with Gasteiger partial charge in [0.25, 0.3) is 11.8 Å². The fourth-order valence-corrected chi connectivity index (χ4v) is 2.79. The van der Waals surface area contributed by atoms with Crippen LogP contribution in [-0.2, 0) is 14.3 Å². The highest BCUT2D eigenvalue weighted by molar-refractivity contribution is 6.47. The lowest BCUT2D eigenvalue weighted by molar-refractivity contribution is -0.137. The maximum absolute atomic E-state index is 12.5. The minimum Gasteiger partial charge on any atom is -0.378 e. The molecule has 126 valence electrons. The fourth-order valence-electron chi connectivity index (χ4n) is 2.49. The van der Waals surface area contributed by atoms with Crippen molar-refractivity contribution in [3.8, 4) is 11.8 Å². The van der Waals surface area contributed by atoms with Gasteiger partial charge in [0.1, 0.15) is 10.7 Å². The van der Waals surface area contributed by atoms with Gasteiger partial charge in [0.2, 0.25) is 0 Å². The number of amides is 2. The molecular weight excluding hydrogens is 318 g/mol. The SMILES string of the molecule is CCN(CC)CC#CCN1C(=O)C(Cl)=C(N2CCOCC2)C1=O. The first-order valence-corrected chi connectivity index (χ1v) is 8.24. The zero-order valence-corrected chi connectivity index (χ0v) is 14.4. The van der Waals surface area contributed by atoms with E-state index in [0.29, 0.717) is 32.8 Å². The summed E-state index contributed by atoms with van der Waals surface area (Å²) in [5.41, 5.74) is 0.283. The van der Waals surface area contributed by atoms with Gasteiger partial charge in [-0.2, -0.15) is 0 Å². The van der Waals surface area contributed by atoms with Gasteiger partial charge in [0.15, 0.2) is 0 Å². The van der Waals surface area contributed by atoms with Gasteiger partial charge in [-0.05, 0) is 13.1 Å². The Bertz CT molecular complexity index is 555. The molecule has 0 aliphatic carbocycles. The van der Waals surface area contributed by atoms with Gasteiger partial charge >= 0.3 is 0 Å². The Kier molecular flexibility index (Phi) is 6.46. The largest absolute Gasteiger partial charge is 0.378 e. The Morgan fingerprint density at radius 2 is 1.78 bits per heavy atom. The topological polar surface area (TPSA) is 53.1 Å². The predicted octanol–water partition coefficient (Wildman–Crippen LogP) is 0.483. The summed E-state index contributed by atoms with van der Waals surface area (Å²) in [6.45, 7) is 8.84. The van der Waals surface area contributed by atoms with Crippen LogP contribution in [0, 0.1) is 11.8 Å². The molecule has 2 rings (SSSR count). The normalized spacial score (nSPS) is 18.8. The molecule has 0 atom stereocenters. The van der Waals surface area contributed by atoms with E-state index in [1.807, 2.05) is 4.90 Å². The molecule has 0 aromatic heterocycles. The second-order valence-electron chi connectivity index (χ2n) is 5.27. The Morgan fingerprint density at radius 3 is 2.39 bits per heavy atom. The number of halogens is 1. The second-order valence-corrected chi connectivity index (χ2v) is 5.65. The number of hydrogen-bond donors (Lipinski definition) is 0. The standard InChI is InChI=1S/C16H22ClN3O3/c1-3-18(4-2)7-5-6-8-20-15(21)13(17)14(16(20)22)19-9-11-23-12-10-19/h3-4,7-12H2,1-2H3. The van der Waals surface area contributed by atoms with Crippen LogP contribution in [-0.4, -0.2) is 79.0 Å². The van der Waals surface area contributed by atoms with Gasteiger partial charge in [0, 0.05) is 13.1 Å². The number of carbonyl (C=O) groups excluding carboxylic acids is 2. The molecule has 2 amide bonds. The van der Waals surface area contributed by atoms with Crippen molar-refractivity contribution in [3.63, 3.8) is 0 Å². The molecule has 6 nitrogen and oxygen atoms in total. The van der Waals surface area contributed by atoms with Crippen molar-refractivity contribution in [1.82, 2.24) is 14.7 Å². The summed E-state index contributed by atoms with van der Waals surface area (Å²) in [4.78, 5) is 29.7.